The number of nitro benzene ring substituents is 1. The molecule has 1 aromatic rings. The van der Waals surface area contributed by atoms with E-state index in [0.29, 0.717) is 23.0 Å². The molecule has 0 aromatic heterocycles. The standard InChI is InChI=1S/C12H13BrN2O4/c13-8-2-3-9(10(6-8)15(18)19)14-7-12(11(16)17)4-1-5-12/h2-3,6,14H,1,4-5,7H2,(H,16,17). The minimum Gasteiger partial charge on any atom is -0.481 e. The Bertz CT molecular complexity index is 528. The van der Waals surface area contributed by atoms with Crippen molar-refractivity contribution in [2.45, 2.75) is 19.3 Å². The van der Waals surface area contributed by atoms with E-state index in [1.807, 2.05) is 0 Å². The molecule has 1 aliphatic carbocycles. The van der Waals surface area contributed by atoms with Gasteiger partial charge in [0.2, 0.25) is 0 Å². The molecule has 1 fully saturated rings. The van der Waals surface area contributed by atoms with Crippen LogP contribution in [0.4, 0.5) is 11.4 Å². The van der Waals surface area contributed by atoms with Crippen molar-refractivity contribution in [2.24, 2.45) is 5.41 Å². The van der Waals surface area contributed by atoms with E-state index in [9.17, 15) is 20.0 Å². The maximum absolute atomic E-state index is 11.2. The van der Waals surface area contributed by atoms with E-state index in [1.54, 1.807) is 12.1 Å². The summed E-state index contributed by atoms with van der Waals surface area (Å²) >= 11 is 3.18. The molecule has 0 atom stereocenters. The number of rotatable bonds is 5. The molecular weight excluding hydrogens is 316 g/mol. The minimum absolute atomic E-state index is 0.0609. The van der Waals surface area contributed by atoms with Crippen molar-refractivity contribution in [1.82, 2.24) is 0 Å². The normalized spacial score (nSPS) is 16.5. The second-order valence-corrected chi connectivity index (χ2v) is 5.63. The summed E-state index contributed by atoms with van der Waals surface area (Å²) in [4.78, 5) is 21.7. The molecule has 19 heavy (non-hydrogen) atoms. The van der Waals surface area contributed by atoms with Crippen molar-refractivity contribution < 1.29 is 14.8 Å². The van der Waals surface area contributed by atoms with Crippen LogP contribution in [0.3, 0.4) is 0 Å². The van der Waals surface area contributed by atoms with Crippen LogP contribution in [0.5, 0.6) is 0 Å². The zero-order valence-electron chi connectivity index (χ0n) is 10.1. The fourth-order valence-corrected chi connectivity index (χ4v) is 2.49. The summed E-state index contributed by atoms with van der Waals surface area (Å²) in [6.45, 7) is 0.213. The van der Waals surface area contributed by atoms with Gasteiger partial charge in [0.25, 0.3) is 5.69 Å². The number of anilines is 1. The number of carbonyl (C=O) groups is 1. The van der Waals surface area contributed by atoms with Crippen LogP contribution in [0, 0.1) is 15.5 Å². The van der Waals surface area contributed by atoms with Crippen LogP contribution >= 0.6 is 15.9 Å². The lowest BCUT2D eigenvalue weighted by molar-refractivity contribution is -0.384. The van der Waals surface area contributed by atoms with Gasteiger partial charge in [0, 0.05) is 17.1 Å². The molecule has 2 N–H and O–H groups in total. The van der Waals surface area contributed by atoms with E-state index in [4.69, 9.17) is 0 Å². The van der Waals surface area contributed by atoms with Crippen LogP contribution in [0.1, 0.15) is 19.3 Å². The van der Waals surface area contributed by atoms with Gasteiger partial charge in [-0.05, 0) is 25.0 Å². The second kappa shape index (κ2) is 5.16. The Morgan fingerprint density at radius 2 is 2.21 bits per heavy atom. The average molecular weight is 329 g/mol. The molecule has 6 nitrogen and oxygen atoms in total. The van der Waals surface area contributed by atoms with Crippen LogP contribution < -0.4 is 5.32 Å². The molecule has 0 bridgehead atoms. The maximum Gasteiger partial charge on any atom is 0.311 e. The zero-order valence-corrected chi connectivity index (χ0v) is 11.6. The molecular formula is C12H13BrN2O4. The third-order valence-corrected chi connectivity index (χ3v) is 4.03. The van der Waals surface area contributed by atoms with Crippen LogP contribution in [0.15, 0.2) is 22.7 Å². The lowest BCUT2D eigenvalue weighted by Gasteiger charge is -2.37. The Kier molecular flexibility index (Phi) is 3.75. The number of nitrogens with one attached hydrogen (secondary N) is 1. The Morgan fingerprint density at radius 3 is 2.68 bits per heavy atom. The van der Waals surface area contributed by atoms with Crippen LogP contribution in [0.2, 0.25) is 0 Å². The van der Waals surface area contributed by atoms with Gasteiger partial charge in [-0.2, -0.15) is 0 Å². The lowest BCUT2D eigenvalue weighted by Crippen LogP contribution is -2.43. The van der Waals surface area contributed by atoms with Gasteiger partial charge in [-0.1, -0.05) is 22.4 Å². The Labute approximate surface area is 118 Å². The number of hydrogen-bond acceptors (Lipinski definition) is 4. The third kappa shape index (κ3) is 2.70. The molecule has 0 radical (unpaired) electrons. The monoisotopic (exact) mass is 328 g/mol. The topological polar surface area (TPSA) is 92.5 Å². The van der Waals surface area contributed by atoms with Gasteiger partial charge in [-0.3, -0.25) is 14.9 Å². The summed E-state index contributed by atoms with van der Waals surface area (Å²) in [5.74, 6) is -0.842. The number of carboxylic acids is 1. The Hall–Kier alpha value is -1.63. The van der Waals surface area contributed by atoms with E-state index < -0.39 is 16.3 Å². The summed E-state index contributed by atoms with van der Waals surface area (Å²) in [6.07, 6.45) is 2.11. The maximum atomic E-state index is 11.2. The van der Waals surface area contributed by atoms with E-state index in [1.165, 1.54) is 6.07 Å². The number of nitro groups is 1. The molecule has 0 spiro atoms. The van der Waals surface area contributed by atoms with Gasteiger partial charge in [0.15, 0.2) is 0 Å². The minimum atomic E-state index is -0.842. The zero-order chi connectivity index (χ0) is 14.0. The molecule has 0 unspecified atom stereocenters. The Balaban J connectivity index is 2.15. The number of benzene rings is 1. The van der Waals surface area contributed by atoms with E-state index in [2.05, 4.69) is 21.2 Å². The van der Waals surface area contributed by atoms with Crippen molar-refractivity contribution in [1.29, 1.82) is 0 Å². The van der Waals surface area contributed by atoms with E-state index in [-0.39, 0.29) is 12.2 Å². The number of halogens is 1. The molecule has 7 heteroatoms. The quantitative estimate of drug-likeness (QED) is 0.640. The average Bonchev–Trinajstić information content (AvgIpc) is 2.28. The van der Waals surface area contributed by atoms with Crippen molar-refractivity contribution >= 4 is 33.3 Å². The highest BCUT2D eigenvalue weighted by Gasteiger charge is 2.44. The van der Waals surface area contributed by atoms with Crippen molar-refractivity contribution in [3.63, 3.8) is 0 Å². The van der Waals surface area contributed by atoms with Gasteiger partial charge < -0.3 is 10.4 Å². The van der Waals surface area contributed by atoms with Crippen LogP contribution in [0.25, 0.3) is 0 Å². The summed E-state index contributed by atoms with van der Waals surface area (Å²) < 4.78 is 0.612. The molecule has 2 rings (SSSR count). The van der Waals surface area contributed by atoms with Crippen molar-refractivity contribution in [3.05, 3.63) is 32.8 Å². The van der Waals surface area contributed by atoms with Crippen molar-refractivity contribution in [3.8, 4) is 0 Å². The van der Waals surface area contributed by atoms with E-state index >= 15 is 0 Å². The molecule has 1 saturated carbocycles. The SMILES string of the molecule is O=C(O)C1(CNc2ccc(Br)cc2[N+](=O)[O-])CCC1. The third-order valence-electron chi connectivity index (χ3n) is 3.54. The first kappa shape index (κ1) is 13.8. The summed E-state index contributed by atoms with van der Waals surface area (Å²) in [6, 6.07) is 4.66. The summed E-state index contributed by atoms with van der Waals surface area (Å²) in [5.41, 5.74) is -0.490. The molecule has 0 heterocycles. The predicted octanol–water partition coefficient (Wildman–Crippen LogP) is 3.02. The van der Waals surface area contributed by atoms with Gasteiger partial charge in [0.1, 0.15) is 5.69 Å². The van der Waals surface area contributed by atoms with E-state index in [0.717, 1.165) is 6.42 Å². The van der Waals surface area contributed by atoms with Gasteiger partial charge in [0.05, 0.1) is 10.3 Å². The molecule has 102 valence electrons. The van der Waals surface area contributed by atoms with Gasteiger partial charge >= 0.3 is 5.97 Å². The van der Waals surface area contributed by atoms with Gasteiger partial charge in [-0.25, -0.2) is 0 Å². The fourth-order valence-electron chi connectivity index (χ4n) is 2.14. The summed E-state index contributed by atoms with van der Waals surface area (Å²) in [7, 11) is 0. The first-order valence-electron chi connectivity index (χ1n) is 5.86. The Morgan fingerprint density at radius 1 is 1.53 bits per heavy atom. The predicted molar refractivity (Wildman–Crippen MR) is 73.2 cm³/mol. The smallest absolute Gasteiger partial charge is 0.311 e. The highest BCUT2D eigenvalue weighted by Crippen LogP contribution is 2.41. The molecule has 0 amide bonds. The number of aliphatic carboxylic acids is 1. The number of hydrogen-bond donors (Lipinski definition) is 2. The molecule has 0 saturated heterocycles. The lowest BCUT2D eigenvalue weighted by atomic mass is 9.69. The second-order valence-electron chi connectivity index (χ2n) is 4.71. The number of nitrogens with zero attached hydrogens (tertiary/aromatic N) is 1. The van der Waals surface area contributed by atoms with Gasteiger partial charge in [-0.15, -0.1) is 0 Å². The largest absolute Gasteiger partial charge is 0.481 e. The molecule has 1 aromatic carbocycles. The first-order valence-corrected chi connectivity index (χ1v) is 6.65. The van der Waals surface area contributed by atoms with Crippen LogP contribution in [-0.2, 0) is 4.79 Å². The summed E-state index contributed by atoms with van der Waals surface area (Å²) in [5, 5.41) is 23.0. The highest BCUT2D eigenvalue weighted by molar-refractivity contribution is 9.10. The van der Waals surface area contributed by atoms with Crippen LogP contribution in [-0.4, -0.2) is 22.5 Å². The highest BCUT2D eigenvalue weighted by atomic mass is 79.9. The molecule has 0 aliphatic heterocycles. The van der Waals surface area contributed by atoms with Crippen molar-refractivity contribution in [2.75, 3.05) is 11.9 Å². The number of carboxylic acid groups (broad SMARTS) is 1. The fraction of sp³-hybridized carbons (Fsp3) is 0.417. The molecule has 1 aliphatic rings. The first-order chi connectivity index (χ1) is 8.94.